The number of nitrogens with zero attached hydrogens (tertiary/aromatic N) is 1. The van der Waals surface area contributed by atoms with E-state index < -0.39 is 5.54 Å². The fourth-order valence-corrected chi connectivity index (χ4v) is 1.16. The molecule has 1 amide bonds. The highest BCUT2D eigenvalue weighted by Crippen LogP contribution is 2.08. The summed E-state index contributed by atoms with van der Waals surface area (Å²) in [7, 11) is 0. The molecular weight excluding hydrogens is 260 g/mol. The molecule has 0 spiro atoms. The van der Waals surface area contributed by atoms with Crippen molar-refractivity contribution in [1.29, 1.82) is 0 Å². The molecule has 0 aliphatic carbocycles. The number of carbonyl (C=O) groups is 1. The van der Waals surface area contributed by atoms with E-state index in [0.717, 1.165) is 4.47 Å². The van der Waals surface area contributed by atoms with Crippen molar-refractivity contribution < 1.29 is 9.90 Å². The Labute approximate surface area is 96.8 Å². The van der Waals surface area contributed by atoms with E-state index in [-0.39, 0.29) is 12.5 Å². The lowest BCUT2D eigenvalue weighted by atomic mass is 10.1. The van der Waals surface area contributed by atoms with Crippen LogP contribution >= 0.6 is 15.9 Å². The van der Waals surface area contributed by atoms with Gasteiger partial charge >= 0.3 is 0 Å². The summed E-state index contributed by atoms with van der Waals surface area (Å²) in [5.41, 5.74) is -0.300. The van der Waals surface area contributed by atoms with Crippen molar-refractivity contribution in [1.82, 2.24) is 10.3 Å². The molecule has 0 aliphatic rings. The second-order valence-corrected chi connectivity index (χ2v) is 4.77. The molecule has 0 atom stereocenters. The Morgan fingerprint density at radius 3 is 2.73 bits per heavy atom. The monoisotopic (exact) mass is 272 g/mol. The SMILES string of the molecule is CC(C)(CO)NC(=O)c1ccc(Br)cn1. The topological polar surface area (TPSA) is 62.2 Å². The zero-order valence-corrected chi connectivity index (χ0v) is 10.2. The molecule has 15 heavy (non-hydrogen) atoms. The van der Waals surface area contributed by atoms with E-state index in [1.54, 1.807) is 32.2 Å². The van der Waals surface area contributed by atoms with E-state index in [4.69, 9.17) is 5.11 Å². The Bertz CT molecular complexity index is 349. The van der Waals surface area contributed by atoms with E-state index >= 15 is 0 Å². The highest BCUT2D eigenvalue weighted by Gasteiger charge is 2.20. The molecule has 82 valence electrons. The third-order valence-corrected chi connectivity index (χ3v) is 2.28. The molecule has 1 heterocycles. The van der Waals surface area contributed by atoms with Crippen molar-refractivity contribution in [3.63, 3.8) is 0 Å². The Hall–Kier alpha value is -0.940. The number of aliphatic hydroxyl groups excluding tert-OH is 1. The van der Waals surface area contributed by atoms with Crippen molar-refractivity contribution in [2.24, 2.45) is 0 Å². The van der Waals surface area contributed by atoms with Crippen molar-refractivity contribution in [2.75, 3.05) is 6.61 Å². The van der Waals surface area contributed by atoms with Crippen LogP contribution in [0.3, 0.4) is 0 Å². The molecule has 1 rings (SSSR count). The number of halogens is 1. The molecule has 0 saturated carbocycles. The Kier molecular flexibility index (Phi) is 3.82. The second-order valence-electron chi connectivity index (χ2n) is 3.86. The van der Waals surface area contributed by atoms with Crippen LogP contribution in [0.1, 0.15) is 24.3 Å². The summed E-state index contributed by atoms with van der Waals surface area (Å²) in [4.78, 5) is 15.6. The fraction of sp³-hybridized carbons (Fsp3) is 0.400. The zero-order chi connectivity index (χ0) is 11.5. The highest BCUT2D eigenvalue weighted by atomic mass is 79.9. The van der Waals surface area contributed by atoms with E-state index in [9.17, 15) is 4.79 Å². The van der Waals surface area contributed by atoms with Crippen LogP contribution in [0.2, 0.25) is 0 Å². The van der Waals surface area contributed by atoms with Gasteiger partial charge in [0.2, 0.25) is 0 Å². The van der Waals surface area contributed by atoms with Crippen LogP contribution < -0.4 is 5.32 Å². The average Bonchev–Trinajstić information content (AvgIpc) is 2.18. The number of rotatable bonds is 3. The number of aromatic nitrogens is 1. The maximum Gasteiger partial charge on any atom is 0.270 e. The first kappa shape index (κ1) is 12.1. The second kappa shape index (κ2) is 4.72. The Balaban J connectivity index is 2.74. The lowest BCUT2D eigenvalue weighted by molar-refractivity contribution is 0.0864. The van der Waals surface area contributed by atoms with Gasteiger partial charge < -0.3 is 10.4 Å². The quantitative estimate of drug-likeness (QED) is 0.873. The van der Waals surface area contributed by atoms with E-state index in [0.29, 0.717) is 5.69 Å². The van der Waals surface area contributed by atoms with Gasteiger partial charge in [-0.25, -0.2) is 4.98 Å². The number of carbonyl (C=O) groups excluding carboxylic acids is 1. The van der Waals surface area contributed by atoms with Crippen LogP contribution in [0.15, 0.2) is 22.8 Å². The normalized spacial score (nSPS) is 11.2. The molecule has 0 unspecified atom stereocenters. The molecular formula is C10H13BrN2O2. The molecule has 2 N–H and O–H groups in total. The van der Waals surface area contributed by atoms with Crippen molar-refractivity contribution >= 4 is 21.8 Å². The van der Waals surface area contributed by atoms with Gasteiger partial charge in [0.25, 0.3) is 5.91 Å². The molecule has 0 aromatic carbocycles. The molecule has 4 nitrogen and oxygen atoms in total. The third kappa shape index (κ3) is 3.60. The largest absolute Gasteiger partial charge is 0.394 e. The average molecular weight is 273 g/mol. The maximum absolute atomic E-state index is 11.6. The molecule has 1 aromatic rings. The summed E-state index contributed by atoms with van der Waals surface area (Å²) in [6, 6.07) is 3.36. The number of nitrogens with one attached hydrogen (secondary N) is 1. The zero-order valence-electron chi connectivity index (χ0n) is 8.62. The van der Waals surface area contributed by atoms with Crippen molar-refractivity contribution in [3.05, 3.63) is 28.5 Å². The molecule has 5 heteroatoms. The van der Waals surface area contributed by atoms with Crippen LogP contribution in [-0.4, -0.2) is 28.1 Å². The van der Waals surface area contributed by atoms with E-state index in [1.807, 2.05) is 0 Å². The smallest absolute Gasteiger partial charge is 0.270 e. The summed E-state index contributed by atoms with van der Waals surface area (Å²) < 4.78 is 0.820. The third-order valence-electron chi connectivity index (χ3n) is 1.81. The summed E-state index contributed by atoms with van der Waals surface area (Å²) in [5, 5.41) is 11.7. The lowest BCUT2D eigenvalue weighted by Crippen LogP contribution is -2.46. The van der Waals surface area contributed by atoms with Gasteiger partial charge in [-0.3, -0.25) is 4.79 Å². The van der Waals surface area contributed by atoms with Crippen LogP contribution in [-0.2, 0) is 0 Å². The number of hydrogen-bond acceptors (Lipinski definition) is 3. The summed E-state index contributed by atoms with van der Waals surface area (Å²) >= 11 is 3.24. The van der Waals surface area contributed by atoms with Crippen LogP contribution in [0, 0.1) is 0 Å². The molecule has 0 saturated heterocycles. The van der Waals surface area contributed by atoms with Gasteiger partial charge in [-0.1, -0.05) is 0 Å². The Morgan fingerprint density at radius 2 is 2.27 bits per heavy atom. The summed E-state index contributed by atoms with van der Waals surface area (Å²) in [5.74, 6) is -0.290. The lowest BCUT2D eigenvalue weighted by Gasteiger charge is -2.23. The molecule has 0 radical (unpaired) electrons. The van der Waals surface area contributed by atoms with E-state index in [2.05, 4.69) is 26.2 Å². The van der Waals surface area contributed by atoms with Gasteiger partial charge in [0, 0.05) is 10.7 Å². The minimum Gasteiger partial charge on any atom is -0.394 e. The molecule has 0 fully saturated rings. The van der Waals surface area contributed by atoms with Crippen LogP contribution in [0.5, 0.6) is 0 Å². The number of aliphatic hydroxyl groups is 1. The van der Waals surface area contributed by atoms with Gasteiger partial charge in [0.1, 0.15) is 5.69 Å². The van der Waals surface area contributed by atoms with Crippen LogP contribution in [0.4, 0.5) is 0 Å². The minimum absolute atomic E-state index is 0.116. The maximum atomic E-state index is 11.6. The predicted octanol–water partition coefficient (Wildman–Crippen LogP) is 1.34. The number of amides is 1. The van der Waals surface area contributed by atoms with Gasteiger partial charge in [-0.05, 0) is 41.9 Å². The standard InChI is InChI=1S/C10H13BrN2O2/c1-10(2,6-14)13-9(15)8-4-3-7(11)5-12-8/h3-5,14H,6H2,1-2H3,(H,13,15). The predicted molar refractivity (Wildman–Crippen MR) is 60.6 cm³/mol. The van der Waals surface area contributed by atoms with Crippen molar-refractivity contribution in [3.8, 4) is 0 Å². The van der Waals surface area contributed by atoms with Crippen LogP contribution in [0.25, 0.3) is 0 Å². The highest BCUT2D eigenvalue weighted by molar-refractivity contribution is 9.10. The first-order valence-corrected chi connectivity index (χ1v) is 5.29. The summed E-state index contributed by atoms with van der Waals surface area (Å²) in [6.45, 7) is 3.36. The fourth-order valence-electron chi connectivity index (χ4n) is 0.921. The summed E-state index contributed by atoms with van der Waals surface area (Å²) in [6.07, 6.45) is 1.56. The van der Waals surface area contributed by atoms with Gasteiger partial charge in [-0.2, -0.15) is 0 Å². The molecule has 1 aromatic heterocycles. The first-order valence-electron chi connectivity index (χ1n) is 4.49. The number of hydrogen-bond donors (Lipinski definition) is 2. The Morgan fingerprint density at radius 1 is 1.60 bits per heavy atom. The number of pyridine rings is 1. The van der Waals surface area contributed by atoms with Crippen molar-refractivity contribution in [2.45, 2.75) is 19.4 Å². The van der Waals surface area contributed by atoms with Gasteiger partial charge in [0.05, 0.1) is 12.1 Å². The molecule has 0 bridgehead atoms. The van der Waals surface area contributed by atoms with E-state index in [1.165, 1.54) is 0 Å². The van der Waals surface area contributed by atoms with Gasteiger partial charge in [-0.15, -0.1) is 0 Å². The van der Waals surface area contributed by atoms with Gasteiger partial charge in [0.15, 0.2) is 0 Å². The first-order chi connectivity index (χ1) is 6.94. The molecule has 0 aliphatic heterocycles. The minimum atomic E-state index is -0.633.